The zero-order valence-corrected chi connectivity index (χ0v) is 19.1. The minimum absolute atomic E-state index is 0.0122. The van der Waals surface area contributed by atoms with E-state index in [2.05, 4.69) is 10.3 Å². The summed E-state index contributed by atoms with van der Waals surface area (Å²) in [6, 6.07) is 2.39. The smallest absolute Gasteiger partial charge is 0.194 e. The Labute approximate surface area is 203 Å². The first kappa shape index (κ1) is 25.2. The Morgan fingerprint density at radius 2 is 1.62 bits per heavy atom. The standard InChI is InChI=1S/C20H15Cl2F4N3O4S/c21-8-3-10(23)15(4-9(8)22)34-20-19(32)17(18(31)14(6-30)33-20)29-5-13(27-28-29)7-1-11(24)16(26)12(25)2-7/h1-5,14,17-20,30-32H,6H2/t14?,17?,18-,19?,20+/m0/s1. The Morgan fingerprint density at radius 1 is 0.971 bits per heavy atom. The average molecular weight is 540 g/mol. The van der Waals surface area contributed by atoms with E-state index in [0.29, 0.717) is 12.1 Å². The van der Waals surface area contributed by atoms with Crippen molar-refractivity contribution in [2.45, 2.75) is 34.7 Å². The number of aromatic nitrogens is 3. The zero-order chi connectivity index (χ0) is 24.7. The van der Waals surface area contributed by atoms with Gasteiger partial charge in [0.05, 0.1) is 22.8 Å². The van der Waals surface area contributed by atoms with Gasteiger partial charge in [0.2, 0.25) is 0 Å². The third-order valence-corrected chi connectivity index (χ3v) is 7.07. The van der Waals surface area contributed by atoms with Crippen molar-refractivity contribution in [3.05, 3.63) is 63.8 Å². The van der Waals surface area contributed by atoms with Crippen LogP contribution >= 0.6 is 35.0 Å². The van der Waals surface area contributed by atoms with Crippen LogP contribution in [0.1, 0.15) is 6.04 Å². The van der Waals surface area contributed by atoms with E-state index in [-0.39, 0.29) is 26.2 Å². The van der Waals surface area contributed by atoms with E-state index in [4.69, 9.17) is 27.9 Å². The first-order chi connectivity index (χ1) is 16.1. The summed E-state index contributed by atoms with van der Waals surface area (Å²) in [5.41, 5.74) is -1.42. The molecule has 1 aliphatic rings. The number of benzene rings is 2. The molecule has 2 heterocycles. The predicted molar refractivity (Wildman–Crippen MR) is 114 cm³/mol. The van der Waals surface area contributed by atoms with Crippen LogP contribution < -0.4 is 0 Å². The molecule has 3 unspecified atom stereocenters. The first-order valence-corrected chi connectivity index (χ1v) is 11.2. The topological polar surface area (TPSA) is 101 Å². The third kappa shape index (κ3) is 4.76. The molecule has 182 valence electrons. The van der Waals surface area contributed by atoms with Gasteiger partial charge in [0.15, 0.2) is 17.5 Å². The van der Waals surface area contributed by atoms with Crippen molar-refractivity contribution in [3.63, 3.8) is 0 Å². The number of nitrogens with zero attached hydrogens (tertiary/aromatic N) is 3. The lowest BCUT2D eigenvalue weighted by atomic mass is 9.97. The van der Waals surface area contributed by atoms with Crippen molar-refractivity contribution in [1.82, 2.24) is 15.0 Å². The van der Waals surface area contributed by atoms with Crippen LogP contribution in [0.25, 0.3) is 11.3 Å². The van der Waals surface area contributed by atoms with Crippen molar-refractivity contribution < 1.29 is 37.6 Å². The maximum atomic E-state index is 14.4. The highest BCUT2D eigenvalue weighted by atomic mass is 35.5. The molecule has 3 N–H and O–H groups in total. The van der Waals surface area contributed by atoms with Crippen molar-refractivity contribution in [2.75, 3.05) is 6.61 Å². The summed E-state index contributed by atoms with van der Waals surface area (Å²) >= 11 is 12.5. The molecule has 0 radical (unpaired) electrons. The number of aliphatic hydroxyl groups excluding tert-OH is 3. The summed E-state index contributed by atoms with van der Waals surface area (Å²) in [4.78, 5) is -0.0122. The van der Waals surface area contributed by atoms with Gasteiger partial charge in [0.1, 0.15) is 41.3 Å². The molecule has 3 aromatic rings. The van der Waals surface area contributed by atoms with E-state index < -0.39 is 59.7 Å². The Balaban J connectivity index is 1.65. The van der Waals surface area contributed by atoms with Gasteiger partial charge in [-0.3, -0.25) is 0 Å². The highest BCUT2D eigenvalue weighted by molar-refractivity contribution is 7.99. The fraction of sp³-hybridized carbons (Fsp3) is 0.300. The number of rotatable bonds is 5. The molecule has 0 saturated carbocycles. The maximum absolute atomic E-state index is 14.4. The molecular formula is C20H15Cl2F4N3O4S. The largest absolute Gasteiger partial charge is 0.394 e. The van der Waals surface area contributed by atoms with Gasteiger partial charge < -0.3 is 20.1 Å². The molecule has 0 amide bonds. The van der Waals surface area contributed by atoms with E-state index >= 15 is 0 Å². The molecule has 0 aliphatic carbocycles. The van der Waals surface area contributed by atoms with Crippen LogP contribution in [0.2, 0.25) is 10.0 Å². The second kappa shape index (κ2) is 9.97. The quantitative estimate of drug-likeness (QED) is 0.259. The van der Waals surface area contributed by atoms with Gasteiger partial charge in [-0.1, -0.05) is 40.2 Å². The lowest BCUT2D eigenvalue weighted by molar-refractivity contribution is -0.178. The molecular weight excluding hydrogens is 525 g/mol. The van der Waals surface area contributed by atoms with E-state index in [9.17, 15) is 32.9 Å². The summed E-state index contributed by atoms with van der Waals surface area (Å²) in [6.45, 7) is -0.652. The fourth-order valence-corrected chi connectivity index (χ4v) is 4.94. The minimum atomic E-state index is -1.65. The molecule has 4 rings (SSSR count). The summed E-state index contributed by atoms with van der Waals surface area (Å²) in [5.74, 6) is -5.25. The SMILES string of the molecule is OCC1O[C@H](Sc2cc(Cl)c(Cl)cc2F)C(O)C(n2cc(-c3cc(F)c(F)c(F)c3)nn2)[C@H]1O. The number of hydrogen-bond donors (Lipinski definition) is 3. The molecule has 1 fully saturated rings. The molecule has 1 aromatic heterocycles. The second-order valence-electron chi connectivity index (χ2n) is 7.35. The lowest BCUT2D eigenvalue weighted by Gasteiger charge is -2.41. The summed E-state index contributed by atoms with van der Waals surface area (Å²) in [5, 5.41) is 38.8. The van der Waals surface area contributed by atoms with Gasteiger partial charge in [0.25, 0.3) is 0 Å². The number of aliphatic hydroxyl groups is 3. The van der Waals surface area contributed by atoms with Crippen LogP contribution in [-0.4, -0.2) is 60.7 Å². The van der Waals surface area contributed by atoms with Crippen molar-refractivity contribution in [2.24, 2.45) is 0 Å². The van der Waals surface area contributed by atoms with Gasteiger partial charge in [0, 0.05) is 10.5 Å². The molecule has 0 bridgehead atoms. The van der Waals surface area contributed by atoms with Crippen molar-refractivity contribution in [1.29, 1.82) is 0 Å². The maximum Gasteiger partial charge on any atom is 0.194 e. The monoisotopic (exact) mass is 539 g/mol. The van der Waals surface area contributed by atoms with E-state index in [0.717, 1.165) is 22.5 Å². The van der Waals surface area contributed by atoms with Crippen LogP contribution in [0, 0.1) is 23.3 Å². The Bertz CT molecular complexity index is 1200. The summed E-state index contributed by atoms with van der Waals surface area (Å²) in [6.07, 6.45) is -3.05. The predicted octanol–water partition coefficient (Wildman–Crippen LogP) is 3.58. The van der Waals surface area contributed by atoms with Crippen LogP contribution in [0.5, 0.6) is 0 Å². The highest BCUT2D eigenvalue weighted by Gasteiger charge is 2.46. The summed E-state index contributed by atoms with van der Waals surface area (Å²) < 4.78 is 61.4. The van der Waals surface area contributed by atoms with E-state index in [1.807, 2.05) is 0 Å². The highest BCUT2D eigenvalue weighted by Crippen LogP contribution is 2.40. The molecule has 7 nitrogen and oxygen atoms in total. The van der Waals surface area contributed by atoms with Crippen molar-refractivity contribution >= 4 is 35.0 Å². The third-order valence-electron chi connectivity index (χ3n) is 5.16. The lowest BCUT2D eigenvalue weighted by Crippen LogP contribution is -2.55. The van der Waals surface area contributed by atoms with E-state index in [1.54, 1.807) is 0 Å². The molecule has 0 spiro atoms. The molecule has 34 heavy (non-hydrogen) atoms. The number of hydrogen-bond acceptors (Lipinski definition) is 7. The van der Waals surface area contributed by atoms with Crippen LogP contribution in [-0.2, 0) is 4.74 Å². The van der Waals surface area contributed by atoms with Crippen LogP contribution in [0.3, 0.4) is 0 Å². The molecule has 14 heteroatoms. The normalized spacial score (nSPS) is 25.0. The van der Waals surface area contributed by atoms with Gasteiger partial charge in [-0.05, 0) is 24.3 Å². The van der Waals surface area contributed by atoms with Crippen LogP contribution in [0.15, 0.2) is 35.4 Å². The first-order valence-electron chi connectivity index (χ1n) is 9.61. The molecule has 2 aromatic carbocycles. The Kier molecular flexibility index (Phi) is 7.38. The van der Waals surface area contributed by atoms with Gasteiger partial charge in [-0.2, -0.15) is 0 Å². The molecule has 1 aliphatic heterocycles. The Hall–Kier alpha value is -1.93. The number of ether oxygens (including phenoxy) is 1. The minimum Gasteiger partial charge on any atom is -0.394 e. The second-order valence-corrected chi connectivity index (χ2v) is 9.30. The van der Waals surface area contributed by atoms with Crippen LogP contribution in [0.4, 0.5) is 17.6 Å². The van der Waals surface area contributed by atoms with Crippen molar-refractivity contribution in [3.8, 4) is 11.3 Å². The number of halogens is 6. The van der Waals surface area contributed by atoms with Gasteiger partial charge in [-0.15, -0.1) is 5.10 Å². The zero-order valence-electron chi connectivity index (χ0n) is 16.7. The number of thioether (sulfide) groups is 1. The van der Waals surface area contributed by atoms with E-state index in [1.165, 1.54) is 12.3 Å². The molecule has 5 atom stereocenters. The molecule has 1 saturated heterocycles. The average Bonchev–Trinajstić information content (AvgIpc) is 3.27. The fourth-order valence-electron chi connectivity index (χ4n) is 3.46. The van der Waals surface area contributed by atoms with Gasteiger partial charge in [-0.25, -0.2) is 22.2 Å². The Morgan fingerprint density at radius 3 is 2.26 bits per heavy atom. The summed E-state index contributed by atoms with van der Waals surface area (Å²) in [7, 11) is 0. The van der Waals surface area contributed by atoms with Gasteiger partial charge >= 0.3 is 0 Å².